The van der Waals surface area contributed by atoms with Gasteiger partial charge in [0.1, 0.15) is 12.3 Å². The Hall–Kier alpha value is -2.12. The number of carbonyl (C=O) groups is 2. The van der Waals surface area contributed by atoms with Crippen molar-refractivity contribution in [3.8, 4) is 5.75 Å². The summed E-state index contributed by atoms with van der Waals surface area (Å²) in [5.41, 5.74) is 0.455. The monoisotopic (exact) mass is 322 g/mol. The van der Waals surface area contributed by atoms with Crippen LogP contribution >= 0.6 is 0 Å². The van der Waals surface area contributed by atoms with Crippen molar-refractivity contribution in [1.82, 2.24) is 9.80 Å². The minimum Gasteiger partial charge on any atom is -0.497 e. The lowest BCUT2D eigenvalue weighted by molar-refractivity contribution is -0.131. The van der Waals surface area contributed by atoms with Crippen LogP contribution in [0.3, 0.4) is 0 Å². The van der Waals surface area contributed by atoms with Gasteiger partial charge in [-0.3, -0.25) is 9.59 Å². The Bertz CT molecular complexity index is 546. The summed E-state index contributed by atoms with van der Waals surface area (Å²) >= 11 is 0. The molecule has 0 aliphatic carbocycles. The Labute approximate surface area is 135 Å². The van der Waals surface area contributed by atoms with Crippen LogP contribution in [0.25, 0.3) is 0 Å². The molecule has 1 fully saturated rings. The molecule has 1 heterocycles. The second-order valence-corrected chi connectivity index (χ2v) is 5.40. The highest BCUT2D eigenvalue weighted by atomic mass is 16.5. The first-order valence-electron chi connectivity index (χ1n) is 7.43. The fraction of sp³-hybridized carbons (Fsp3) is 0.500. The van der Waals surface area contributed by atoms with Crippen LogP contribution in [-0.4, -0.2) is 79.8 Å². The van der Waals surface area contributed by atoms with Crippen molar-refractivity contribution in [2.24, 2.45) is 0 Å². The van der Waals surface area contributed by atoms with Gasteiger partial charge in [-0.15, -0.1) is 0 Å². The molecule has 126 valence electrons. The van der Waals surface area contributed by atoms with E-state index in [4.69, 9.17) is 9.47 Å². The number of β-amino-alcohol motifs (C(OH)–C–C–N with tert-alkyl or cyclic N) is 1. The molecule has 0 spiro atoms. The van der Waals surface area contributed by atoms with Crippen LogP contribution < -0.4 is 4.74 Å². The normalized spacial score (nSPS) is 18.7. The number of ether oxygens (including phenoxy) is 2. The number of nitrogens with zero attached hydrogens (tertiary/aromatic N) is 2. The molecule has 7 nitrogen and oxygen atoms in total. The Morgan fingerprint density at radius 2 is 1.96 bits per heavy atom. The van der Waals surface area contributed by atoms with Crippen molar-refractivity contribution < 1.29 is 24.2 Å². The van der Waals surface area contributed by atoms with Gasteiger partial charge in [-0.25, -0.2) is 0 Å². The first kappa shape index (κ1) is 17.2. The molecule has 1 aromatic carbocycles. The van der Waals surface area contributed by atoms with Gasteiger partial charge in [0, 0.05) is 32.3 Å². The largest absolute Gasteiger partial charge is 0.497 e. The maximum Gasteiger partial charge on any atom is 0.254 e. The molecule has 1 aliphatic heterocycles. The standard InChI is InChI=1S/C16H22N2O5/c1-22-8-7-17-9-13(19)10-18(11-15(17)20)16(21)12-3-5-14(23-2)6-4-12/h3-6,13,19H,7-11H2,1-2H3. The molecule has 1 N–H and O–H groups in total. The molecule has 1 aliphatic rings. The summed E-state index contributed by atoms with van der Waals surface area (Å²) in [5, 5.41) is 10.1. The van der Waals surface area contributed by atoms with Crippen molar-refractivity contribution in [1.29, 1.82) is 0 Å². The highest BCUT2D eigenvalue weighted by Gasteiger charge is 2.29. The molecule has 0 aromatic heterocycles. The van der Waals surface area contributed by atoms with Crippen LogP contribution in [0.5, 0.6) is 5.75 Å². The van der Waals surface area contributed by atoms with E-state index in [0.29, 0.717) is 24.5 Å². The predicted octanol–water partition coefficient (Wildman–Crippen LogP) is -0.0131. The average Bonchev–Trinajstić information content (AvgIpc) is 2.70. The zero-order valence-corrected chi connectivity index (χ0v) is 13.4. The van der Waals surface area contributed by atoms with E-state index in [1.807, 2.05) is 0 Å². The van der Waals surface area contributed by atoms with Gasteiger partial charge in [-0.2, -0.15) is 0 Å². The molecular formula is C16H22N2O5. The summed E-state index contributed by atoms with van der Waals surface area (Å²) < 4.78 is 10.0. The topological polar surface area (TPSA) is 79.3 Å². The molecule has 23 heavy (non-hydrogen) atoms. The van der Waals surface area contributed by atoms with Crippen LogP contribution in [0.4, 0.5) is 0 Å². The highest BCUT2D eigenvalue weighted by molar-refractivity contribution is 5.96. The first-order valence-corrected chi connectivity index (χ1v) is 7.43. The summed E-state index contributed by atoms with van der Waals surface area (Å²) in [7, 11) is 3.10. The molecule has 0 saturated carbocycles. The Kier molecular flexibility index (Phi) is 5.95. The van der Waals surface area contributed by atoms with Gasteiger partial charge in [0.05, 0.1) is 19.8 Å². The summed E-state index contributed by atoms with van der Waals surface area (Å²) in [6.07, 6.45) is -0.777. The van der Waals surface area contributed by atoms with Crippen molar-refractivity contribution in [2.45, 2.75) is 6.10 Å². The van der Waals surface area contributed by atoms with E-state index >= 15 is 0 Å². The predicted molar refractivity (Wildman–Crippen MR) is 83.4 cm³/mol. The first-order chi connectivity index (χ1) is 11.0. The van der Waals surface area contributed by atoms with Crippen LogP contribution in [-0.2, 0) is 9.53 Å². The smallest absolute Gasteiger partial charge is 0.254 e. The third-order valence-electron chi connectivity index (χ3n) is 3.73. The second kappa shape index (κ2) is 7.94. The number of aliphatic hydroxyl groups is 1. The number of carbonyl (C=O) groups excluding carboxylic acids is 2. The Balaban J connectivity index is 2.09. The molecule has 1 aromatic rings. The number of benzene rings is 1. The molecule has 7 heteroatoms. The van der Waals surface area contributed by atoms with E-state index in [2.05, 4.69) is 0 Å². The van der Waals surface area contributed by atoms with Gasteiger partial charge in [-0.05, 0) is 24.3 Å². The van der Waals surface area contributed by atoms with E-state index in [1.165, 1.54) is 9.80 Å². The third kappa shape index (κ3) is 4.43. The molecule has 1 unspecified atom stereocenters. The zero-order chi connectivity index (χ0) is 16.8. The summed E-state index contributed by atoms with van der Waals surface area (Å²) in [6.45, 7) is 1.07. The van der Waals surface area contributed by atoms with Crippen LogP contribution in [0.1, 0.15) is 10.4 Å². The van der Waals surface area contributed by atoms with Crippen molar-refractivity contribution in [3.05, 3.63) is 29.8 Å². The third-order valence-corrected chi connectivity index (χ3v) is 3.73. The lowest BCUT2D eigenvalue weighted by Gasteiger charge is -2.21. The summed E-state index contributed by atoms with van der Waals surface area (Å²) in [5.74, 6) is 0.174. The van der Waals surface area contributed by atoms with Crippen molar-refractivity contribution in [3.63, 3.8) is 0 Å². The summed E-state index contributed by atoms with van der Waals surface area (Å²) in [6, 6.07) is 6.67. The number of rotatable bonds is 5. The SMILES string of the molecule is COCCN1CC(O)CN(C(=O)c2ccc(OC)cc2)CC1=O. The fourth-order valence-corrected chi connectivity index (χ4v) is 2.48. The van der Waals surface area contributed by atoms with Crippen molar-refractivity contribution in [2.75, 3.05) is 47.0 Å². The quantitative estimate of drug-likeness (QED) is 0.825. The van der Waals surface area contributed by atoms with Crippen LogP contribution in [0, 0.1) is 0 Å². The molecular weight excluding hydrogens is 300 g/mol. The summed E-state index contributed by atoms with van der Waals surface area (Å²) in [4.78, 5) is 27.7. The molecule has 1 atom stereocenters. The Morgan fingerprint density at radius 1 is 1.26 bits per heavy atom. The van der Waals surface area contributed by atoms with Gasteiger partial charge < -0.3 is 24.4 Å². The van der Waals surface area contributed by atoms with E-state index in [1.54, 1.807) is 38.5 Å². The van der Waals surface area contributed by atoms with E-state index in [9.17, 15) is 14.7 Å². The molecule has 2 amide bonds. The van der Waals surface area contributed by atoms with Gasteiger partial charge in [0.25, 0.3) is 5.91 Å². The van der Waals surface area contributed by atoms with E-state index in [-0.39, 0.29) is 31.4 Å². The molecule has 0 bridgehead atoms. The van der Waals surface area contributed by atoms with Crippen LogP contribution in [0.2, 0.25) is 0 Å². The number of hydrogen-bond donors (Lipinski definition) is 1. The van der Waals surface area contributed by atoms with E-state index in [0.717, 1.165) is 0 Å². The number of hydrogen-bond acceptors (Lipinski definition) is 5. The van der Waals surface area contributed by atoms with Gasteiger partial charge >= 0.3 is 0 Å². The van der Waals surface area contributed by atoms with Crippen LogP contribution in [0.15, 0.2) is 24.3 Å². The number of methoxy groups -OCH3 is 2. The molecule has 2 rings (SSSR count). The number of aliphatic hydroxyl groups excluding tert-OH is 1. The fourth-order valence-electron chi connectivity index (χ4n) is 2.48. The minimum atomic E-state index is -0.777. The van der Waals surface area contributed by atoms with E-state index < -0.39 is 6.10 Å². The maximum atomic E-state index is 12.5. The molecule has 0 radical (unpaired) electrons. The lowest BCUT2D eigenvalue weighted by Crippen LogP contribution is -2.40. The molecule has 1 saturated heterocycles. The van der Waals surface area contributed by atoms with Gasteiger partial charge in [0.15, 0.2) is 0 Å². The van der Waals surface area contributed by atoms with Crippen molar-refractivity contribution >= 4 is 11.8 Å². The van der Waals surface area contributed by atoms with Gasteiger partial charge in [0.2, 0.25) is 5.91 Å². The Morgan fingerprint density at radius 3 is 2.57 bits per heavy atom. The minimum absolute atomic E-state index is 0.0500. The lowest BCUT2D eigenvalue weighted by atomic mass is 10.2. The highest BCUT2D eigenvalue weighted by Crippen LogP contribution is 2.15. The zero-order valence-electron chi connectivity index (χ0n) is 13.4. The van der Waals surface area contributed by atoms with Gasteiger partial charge in [-0.1, -0.05) is 0 Å². The maximum absolute atomic E-state index is 12.5. The second-order valence-electron chi connectivity index (χ2n) is 5.40. The number of amides is 2. The average molecular weight is 322 g/mol.